The first-order valence-electron chi connectivity index (χ1n) is 6.90. The quantitative estimate of drug-likeness (QED) is 0.855. The van der Waals surface area contributed by atoms with Gasteiger partial charge in [-0.2, -0.15) is 0 Å². The normalized spacial score (nSPS) is 12.2. The molecule has 0 aliphatic carbocycles. The first kappa shape index (κ1) is 15.5. The van der Waals surface area contributed by atoms with E-state index < -0.39 is 0 Å². The Hall–Kier alpha value is -1.88. The molecule has 2 aromatic rings. The zero-order valence-corrected chi connectivity index (χ0v) is 13.2. The molecule has 21 heavy (non-hydrogen) atoms. The third-order valence-corrected chi connectivity index (χ3v) is 4.14. The molecule has 0 aliphatic rings. The van der Waals surface area contributed by atoms with E-state index in [2.05, 4.69) is 53.4 Å². The maximum atomic E-state index is 12.1. The predicted octanol–water partition coefficient (Wildman–Crippen LogP) is 3.72. The summed E-state index contributed by atoms with van der Waals surface area (Å²) in [5.41, 5.74) is 1.30. The predicted molar refractivity (Wildman–Crippen MR) is 86.5 cm³/mol. The van der Waals surface area contributed by atoms with Gasteiger partial charge >= 0.3 is 0 Å². The van der Waals surface area contributed by atoms with Gasteiger partial charge in [0.15, 0.2) is 0 Å². The first-order chi connectivity index (χ1) is 10.1. The van der Waals surface area contributed by atoms with E-state index >= 15 is 0 Å². The highest BCUT2D eigenvalue weighted by Gasteiger charge is 2.15. The van der Waals surface area contributed by atoms with Gasteiger partial charge in [0.05, 0.1) is 5.25 Å². The largest absolute Gasteiger partial charge is 0.294 e. The number of nitrogens with zero attached hydrogens (tertiary/aromatic N) is 2. The highest BCUT2D eigenvalue weighted by molar-refractivity contribution is 8.00. The molecule has 0 fully saturated rings. The molecule has 0 saturated carbocycles. The minimum absolute atomic E-state index is 0.0980. The molecule has 1 aromatic carbocycles. The number of thioether (sulfide) groups is 1. The zero-order valence-electron chi connectivity index (χ0n) is 12.4. The summed E-state index contributed by atoms with van der Waals surface area (Å²) in [5, 5.41) is 2.50. The summed E-state index contributed by atoms with van der Waals surface area (Å²) in [5.74, 6) is 0.754. The summed E-state index contributed by atoms with van der Waals surface area (Å²) >= 11 is 1.52. The van der Waals surface area contributed by atoms with Crippen molar-refractivity contribution in [2.75, 3.05) is 5.32 Å². The number of benzene rings is 1. The standard InChI is InChI=1S/C16H19N3OS/c1-11(2)13-5-7-14(8-6-13)21-12(3)15(20)19-16-17-9-4-10-18-16/h4-12H,1-3H3,(H,17,18,19,20). The van der Waals surface area contributed by atoms with Crippen molar-refractivity contribution < 1.29 is 4.79 Å². The van der Waals surface area contributed by atoms with Crippen molar-refractivity contribution >= 4 is 23.6 Å². The highest BCUT2D eigenvalue weighted by Crippen LogP contribution is 2.25. The molecule has 1 unspecified atom stereocenters. The summed E-state index contributed by atoms with van der Waals surface area (Å²) in [6.45, 7) is 6.20. The van der Waals surface area contributed by atoms with Gasteiger partial charge in [-0.15, -0.1) is 11.8 Å². The Morgan fingerprint density at radius 3 is 2.29 bits per heavy atom. The molecule has 2 rings (SSSR count). The van der Waals surface area contributed by atoms with Crippen molar-refractivity contribution in [1.82, 2.24) is 9.97 Å². The van der Waals surface area contributed by atoms with Gasteiger partial charge in [-0.05, 0) is 36.6 Å². The lowest BCUT2D eigenvalue weighted by Crippen LogP contribution is -2.23. The summed E-state index contributed by atoms with van der Waals surface area (Å²) in [4.78, 5) is 21.1. The van der Waals surface area contributed by atoms with Gasteiger partial charge in [-0.1, -0.05) is 26.0 Å². The first-order valence-corrected chi connectivity index (χ1v) is 7.78. The van der Waals surface area contributed by atoms with Gasteiger partial charge < -0.3 is 0 Å². The molecule has 110 valence electrons. The van der Waals surface area contributed by atoms with Crippen LogP contribution in [-0.2, 0) is 4.79 Å². The third-order valence-electron chi connectivity index (χ3n) is 3.03. The van der Waals surface area contributed by atoms with Gasteiger partial charge in [0, 0.05) is 17.3 Å². The van der Waals surface area contributed by atoms with Gasteiger partial charge in [-0.25, -0.2) is 9.97 Å². The van der Waals surface area contributed by atoms with E-state index in [1.54, 1.807) is 18.5 Å². The number of hydrogen-bond donors (Lipinski definition) is 1. The fraction of sp³-hybridized carbons (Fsp3) is 0.312. The number of aromatic nitrogens is 2. The van der Waals surface area contributed by atoms with Crippen LogP contribution < -0.4 is 5.32 Å². The monoisotopic (exact) mass is 301 g/mol. The second-order valence-electron chi connectivity index (χ2n) is 5.05. The Kier molecular flexibility index (Phi) is 5.33. The van der Waals surface area contributed by atoms with Crippen LogP contribution in [0.15, 0.2) is 47.6 Å². The number of nitrogens with one attached hydrogen (secondary N) is 1. The molecular weight excluding hydrogens is 282 g/mol. The molecule has 1 aromatic heterocycles. The summed E-state index contributed by atoms with van der Waals surface area (Å²) in [7, 11) is 0. The Bertz CT molecular complexity index is 584. The Labute approximate surface area is 129 Å². The maximum Gasteiger partial charge on any atom is 0.239 e. The SMILES string of the molecule is CC(Sc1ccc(C(C)C)cc1)C(=O)Nc1ncccn1. The van der Waals surface area contributed by atoms with Crippen LogP contribution in [-0.4, -0.2) is 21.1 Å². The van der Waals surface area contributed by atoms with Gasteiger partial charge in [-0.3, -0.25) is 10.1 Å². The number of carbonyl (C=O) groups excluding carboxylic acids is 1. The fourth-order valence-electron chi connectivity index (χ4n) is 1.76. The van der Waals surface area contributed by atoms with Crippen LogP contribution in [0.1, 0.15) is 32.3 Å². The van der Waals surface area contributed by atoms with Gasteiger partial charge in [0.2, 0.25) is 11.9 Å². The van der Waals surface area contributed by atoms with Crippen molar-refractivity contribution in [3.8, 4) is 0 Å². The van der Waals surface area contributed by atoms with Crippen LogP contribution >= 0.6 is 11.8 Å². The van der Waals surface area contributed by atoms with Crippen molar-refractivity contribution in [2.24, 2.45) is 0 Å². The summed E-state index contributed by atoms with van der Waals surface area (Å²) in [6.07, 6.45) is 3.20. The van der Waals surface area contributed by atoms with Crippen LogP contribution in [0.4, 0.5) is 5.95 Å². The van der Waals surface area contributed by atoms with E-state index in [1.165, 1.54) is 17.3 Å². The molecule has 1 atom stereocenters. The Balaban J connectivity index is 1.94. The zero-order chi connectivity index (χ0) is 15.2. The number of hydrogen-bond acceptors (Lipinski definition) is 4. The van der Waals surface area contributed by atoms with E-state index in [9.17, 15) is 4.79 Å². The molecular formula is C16H19N3OS. The minimum Gasteiger partial charge on any atom is -0.294 e. The molecule has 1 N–H and O–H groups in total. The molecule has 4 nitrogen and oxygen atoms in total. The molecule has 1 heterocycles. The molecule has 0 spiro atoms. The second kappa shape index (κ2) is 7.22. The van der Waals surface area contributed by atoms with Gasteiger partial charge in [0.25, 0.3) is 0 Å². The van der Waals surface area contributed by atoms with Crippen LogP contribution in [0.3, 0.4) is 0 Å². The van der Waals surface area contributed by atoms with E-state index in [0.29, 0.717) is 11.9 Å². The smallest absolute Gasteiger partial charge is 0.239 e. The molecule has 0 bridgehead atoms. The number of anilines is 1. The molecule has 0 saturated heterocycles. The Morgan fingerprint density at radius 1 is 1.10 bits per heavy atom. The minimum atomic E-state index is -0.210. The third kappa shape index (κ3) is 4.56. The molecule has 0 aliphatic heterocycles. The molecule has 0 radical (unpaired) electrons. The highest BCUT2D eigenvalue weighted by atomic mass is 32.2. The van der Waals surface area contributed by atoms with Crippen molar-refractivity contribution in [1.29, 1.82) is 0 Å². The van der Waals surface area contributed by atoms with Crippen LogP contribution in [0.25, 0.3) is 0 Å². The van der Waals surface area contributed by atoms with Crippen molar-refractivity contribution in [2.45, 2.75) is 36.8 Å². The number of rotatable bonds is 5. The van der Waals surface area contributed by atoms with E-state index in [4.69, 9.17) is 0 Å². The van der Waals surface area contributed by atoms with Gasteiger partial charge in [0.1, 0.15) is 0 Å². The average molecular weight is 301 g/mol. The second-order valence-corrected chi connectivity index (χ2v) is 6.46. The lowest BCUT2D eigenvalue weighted by atomic mass is 10.0. The summed E-state index contributed by atoms with van der Waals surface area (Å²) < 4.78 is 0. The van der Waals surface area contributed by atoms with Crippen LogP contribution in [0, 0.1) is 0 Å². The lowest BCUT2D eigenvalue weighted by Gasteiger charge is -2.12. The van der Waals surface area contributed by atoms with E-state index in [1.807, 2.05) is 6.92 Å². The molecule has 5 heteroatoms. The summed E-state index contributed by atoms with van der Waals surface area (Å²) in [6, 6.07) is 10.0. The Morgan fingerprint density at radius 2 is 1.71 bits per heavy atom. The average Bonchev–Trinajstić information content (AvgIpc) is 2.48. The van der Waals surface area contributed by atoms with Crippen molar-refractivity contribution in [3.63, 3.8) is 0 Å². The van der Waals surface area contributed by atoms with Crippen LogP contribution in [0.5, 0.6) is 0 Å². The van der Waals surface area contributed by atoms with E-state index in [-0.39, 0.29) is 11.2 Å². The topological polar surface area (TPSA) is 54.9 Å². The van der Waals surface area contributed by atoms with E-state index in [0.717, 1.165) is 4.90 Å². The van der Waals surface area contributed by atoms with Crippen molar-refractivity contribution in [3.05, 3.63) is 48.3 Å². The number of amides is 1. The molecule has 1 amide bonds. The maximum absolute atomic E-state index is 12.1. The lowest BCUT2D eigenvalue weighted by molar-refractivity contribution is -0.115. The number of carbonyl (C=O) groups is 1. The van der Waals surface area contributed by atoms with Crippen LogP contribution in [0.2, 0.25) is 0 Å². The fourth-order valence-corrected chi connectivity index (χ4v) is 2.63.